The molecule has 4 rings (SSSR count). The molecule has 1 fully saturated rings. The third kappa shape index (κ3) is 1.73. The van der Waals surface area contributed by atoms with E-state index in [1.165, 1.54) is 12.7 Å². The monoisotopic (exact) mass is 286 g/mol. The van der Waals surface area contributed by atoms with Gasteiger partial charge in [-0.2, -0.15) is 0 Å². The number of hydrogen-bond acceptors (Lipinski definition) is 3. The van der Waals surface area contributed by atoms with Crippen molar-refractivity contribution in [2.75, 3.05) is 7.11 Å². The number of methoxy groups -OCH3 is 1. The number of H-pyrrole nitrogens is 1. The van der Waals surface area contributed by atoms with Crippen molar-refractivity contribution < 1.29 is 14.3 Å². The van der Waals surface area contributed by atoms with Crippen LogP contribution in [0.4, 0.5) is 4.79 Å². The van der Waals surface area contributed by atoms with Crippen molar-refractivity contribution in [3.05, 3.63) is 30.0 Å². The minimum absolute atomic E-state index is 0.0251. The maximum Gasteiger partial charge on any atom is 0.410 e. The van der Waals surface area contributed by atoms with Gasteiger partial charge in [0.15, 0.2) is 0 Å². The Balaban J connectivity index is 1.79. The molecule has 21 heavy (non-hydrogen) atoms. The normalized spacial score (nSPS) is 27.1. The quantitative estimate of drug-likeness (QED) is 0.810. The van der Waals surface area contributed by atoms with Gasteiger partial charge in [0, 0.05) is 29.6 Å². The summed E-state index contributed by atoms with van der Waals surface area (Å²) in [6.45, 7) is 2.05. The van der Waals surface area contributed by atoms with Crippen LogP contribution in [0.5, 0.6) is 5.75 Å². The molecule has 1 aromatic carbocycles. The first-order valence-corrected chi connectivity index (χ1v) is 7.31. The fraction of sp³-hybridized carbons (Fsp3) is 0.438. The summed E-state index contributed by atoms with van der Waals surface area (Å²) in [5, 5.41) is 1.14. The van der Waals surface area contributed by atoms with E-state index in [0.717, 1.165) is 29.5 Å². The molecule has 2 unspecified atom stereocenters. The van der Waals surface area contributed by atoms with Crippen molar-refractivity contribution in [3.63, 3.8) is 0 Å². The largest absolute Gasteiger partial charge is 0.487 e. The van der Waals surface area contributed by atoms with Crippen molar-refractivity contribution in [1.82, 2.24) is 9.88 Å². The van der Waals surface area contributed by atoms with Gasteiger partial charge in [-0.25, -0.2) is 4.79 Å². The highest BCUT2D eigenvalue weighted by atomic mass is 16.5. The molecule has 5 heteroatoms. The number of carbonyl (C=O) groups excluding carboxylic acids is 1. The van der Waals surface area contributed by atoms with Gasteiger partial charge in [0.05, 0.1) is 13.2 Å². The predicted molar refractivity (Wildman–Crippen MR) is 78.5 cm³/mol. The highest BCUT2D eigenvalue weighted by Gasteiger charge is 2.45. The van der Waals surface area contributed by atoms with Gasteiger partial charge in [-0.3, -0.25) is 4.90 Å². The fourth-order valence-corrected chi connectivity index (χ4v) is 3.76. The van der Waals surface area contributed by atoms with Gasteiger partial charge in [0.2, 0.25) is 0 Å². The number of carbonyl (C=O) groups is 1. The van der Waals surface area contributed by atoms with Gasteiger partial charge in [-0.05, 0) is 31.0 Å². The first-order chi connectivity index (χ1) is 10.2. The van der Waals surface area contributed by atoms with E-state index in [1.54, 1.807) is 0 Å². The Morgan fingerprint density at radius 1 is 1.48 bits per heavy atom. The van der Waals surface area contributed by atoms with E-state index >= 15 is 0 Å². The third-order valence-corrected chi connectivity index (χ3v) is 4.68. The van der Waals surface area contributed by atoms with Crippen LogP contribution < -0.4 is 4.74 Å². The molecule has 1 saturated heterocycles. The minimum Gasteiger partial charge on any atom is -0.487 e. The summed E-state index contributed by atoms with van der Waals surface area (Å²) in [4.78, 5) is 17.2. The van der Waals surface area contributed by atoms with Crippen molar-refractivity contribution in [2.45, 2.75) is 38.0 Å². The number of amides is 1. The number of nitrogens with one attached hydrogen (secondary N) is 1. The van der Waals surface area contributed by atoms with E-state index in [-0.39, 0.29) is 24.3 Å². The molecular weight excluding hydrogens is 268 g/mol. The van der Waals surface area contributed by atoms with Crippen LogP contribution in [0.3, 0.4) is 0 Å². The number of rotatable bonds is 0. The zero-order valence-electron chi connectivity index (χ0n) is 12.1. The number of hydrogen-bond donors (Lipinski definition) is 1. The Kier molecular flexibility index (Phi) is 2.64. The maximum absolute atomic E-state index is 12.1. The first-order valence-electron chi connectivity index (χ1n) is 7.31. The van der Waals surface area contributed by atoms with Crippen LogP contribution in [0, 0.1) is 0 Å². The molecule has 0 bridgehead atoms. The smallest absolute Gasteiger partial charge is 0.410 e. The van der Waals surface area contributed by atoms with E-state index in [2.05, 4.69) is 4.98 Å². The molecule has 1 amide bonds. The number of aromatic nitrogens is 1. The molecule has 0 saturated carbocycles. The lowest BCUT2D eigenvalue weighted by atomic mass is 10.0. The SMILES string of the molecule is COC(=O)N1C2Cc3c[nH]c4cccc(c34)OC2C[C@H]1C. The number of likely N-dealkylation sites (tertiary alicyclic amines) is 1. The molecule has 0 radical (unpaired) electrons. The van der Waals surface area contributed by atoms with Crippen LogP contribution in [0.2, 0.25) is 0 Å². The number of nitrogens with zero attached hydrogens (tertiary/aromatic N) is 1. The van der Waals surface area contributed by atoms with E-state index in [1.807, 2.05) is 36.2 Å². The average molecular weight is 286 g/mol. The van der Waals surface area contributed by atoms with Gasteiger partial charge < -0.3 is 14.5 Å². The Morgan fingerprint density at radius 2 is 2.33 bits per heavy atom. The predicted octanol–water partition coefficient (Wildman–Crippen LogP) is 2.70. The minimum atomic E-state index is -0.267. The molecular formula is C16H18N2O3. The molecule has 0 aliphatic carbocycles. The summed E-state index contributed by atoms with van der Waals surface area (Å²) in [6.07, 6.45) is 3.41. The number of fused-ring (bicyclic) bond motifs is 1. The van der Waals surface area contributed by atoms with Gasteiger partial charge in [-0.15, -0.1) is 0 Å². The van der Waals surface area contributed by atoms with Crippen molar-refractivity contribution in [1.29, 1.82) is 0 Å². The number of benzene rings is 1. The van der Waals surface area contributed by atoms with Gasteiger partial charge in [-0.1, -0.05) is 6.07 Å². The first kappa shape index (κ1) is 12.6. The third-order valence-electron chi connectivity index (χ3n) is 4.68. The maximum atomic E-state index is 12.1. The summed E-state index contributed by atoms with van der Waals surface area (Å²) in [5.74, 6) is 0.912. The molecule has 2 aliphatic heterocycles. The second-order valence-corrected chi connectivity index (χ2v) is 5.88. The van der Waals surface area contributed by atoms with Crippen LogP contribution >= 0.6 is 0 Å². The standard InChI is InChI=1S/C16H18N2O3/c1-9-6-14-12(18(9)16(19)20-2)7-10-8-17-11-4-3-5-13(21-14)15(10)11/h3-5,8-9,12,14,17H,6-7H2,1-2H3/t9-,12?,14?/m1/s1. The van der Waals surface area contributed by atoms with Crippen LogP contribution in [0.15, 0.2) is 24.4 Å². The molecule has 3 heterocycles. The molecule has 5 nitrogen and oxygen atoms in total. The van der Waals surface area contributed by atoms with E-state index in [0.29, 0.717) is 0 Å². The van der Waals surface area contributed by atoms with E-state index in [9.17, 15) is 4.79 Å². The topological polar surface area (TPSA) is 54.6 Å². The van der Waals surface area contributed by atoms with E-state index in [4.69, 9.17) is 9.47 Å². The summed E-state index contributed by atoms with van der Waals surface area (Å²) in [7, 11) is 1.43. The van der Waals surface area contributed by atoms with E-state index < -0.39 is 0 Å². The van der Waals surface area contributed by atoms with Crippen LogP contribution in [-0.4, -0.2) is 41.3 Å². The highest BCUT2D eigenvalue weighted by molar-refractivity contribution is 5.89. The second kappa shape index (κ2) is 4.41. The lowest BCUT2D eigenvalue weighted by Gasteiger charge is -2.27. The second-order valence-electron chi connectivity index (χ2n) is 5.88. The van der Waals surface area contributed by atoms with Crippen LogP contribution in [-0.2, 0) is 11.2 Å². The number of aromatic amines is 1. The van der Waals surface area contributed by atoms with Crippen molar-refractivity contribution in [2.24, 2.45) is 0 Å². The summed E-state index contributed by atoms with van der Waals surface area (Å²) in [6, 6.07) is 6.21. The van der Waals surface area contributed by atoms with Crippen molar-refractivity contribution >= 4 is 17.0 Å². The van der Waals surface area contributed by atoms with Crippen LogP contribution in [0.1, 0.15) is 18.9 Å². The summed E-state index contributed by atoms with van der Waals surface area (Å²) in [5.41, 5.74) is 2.29. The van der Waals surface area contributed by atoms with Crippen LogP contribution in [0.25, 0.3) is 10.9 Å². The molecule has 3 atom stereocenters. The molecule has 1 aromatic heterocycles. The van der Waals surface area contributed by atoms with Gasteiger partial charge >= 0.3 is 6.09 Å². The zero-order chi connectivity index (χ0) is 14.6. The molecule has 2 aromatic rings. The molecule has 1 N–H and O–H groups in total. The molecule has 2 aliphatic rings. The zero-order valence-corrected chi connectivity index (χ0v) is 12.1. The highest BCUT2D eigenvalue weighted by Crippen LogP contribution is 2.39. The molecule has 0 spiro atoms. The van der Waals surface area contributed by atoms with Crippen molar-refractivity contribution in [3.8, 4) is 5.75 Å². The summed E-state index contributed by atoms with van der Waals surface area (Å²) < 4.78 is 11.2. The lowest BCUT2D eigenvalue weighted by Crippen LogP contribution is -2.44. The Bertz CT molecular complexity index is 709. The Labute approximate surface area is 122 Å². The summed E-state index contributed by atoms with van der Waals surface area (Å²) >= 11 is 0. The average Bonchev–Trinajstić information content (AvgIpc) is 2.97. The Hall–Kier alpha value is -2.17. The molecule has 110 valence electrons. The Morgan fingerprint density at radius 3 is 3.14 bits per heavy atom. The lowest BCUT2D eigenvalue weighted by molar-refractivity contribution is 0.0900. The van der Waals surface area contributed by atoms with Gasteiger partial charge in [0.1, 0.15) is 11.9 Å². The fourth-order valence-electron chi connectivity index (χ4n) is 3.76. The van der Waals surface area contributed by atoms with Gasteiger partial charge in [0.25, 0.3) is 0 Å². The number of ether oxygens (including phenoxy) is 2.